The molecule has 0 aromatic carbocycles. The first-order chi connectivity index (χ1) is 5.59. The van der Waals surface area contributed by atoms with Gasteiger partial charge in [-0.15, -0.1) is 0 Å². The second-order valence-electron chi connectivity index (χ2n) is 2.69. The van der Waals surface area contributed by atoms with Crippen molar-refractivity contribution in [1.82, 2.24) is 4.98 Å². The Morgan fingerprint density at radius 1 is 1.75 bits per heavy atom. The molecule has 1 rings (SSSR count). The van der Waals surface area contributed by atoms with E-state index < -0.39 is 5.91 Å². The average molecular weight is 185 g/mol. The molecule has 0 saturated carbocycles. The van der Waals surface area contributed by atoms with Gasteiger partial charge < -0.3 is 11.1 Å². The van der Waals surface area contributed by atoms with Gasteiger partial charge in [-0.2, -0.15) is 0 Å². The quantitative estimate of drug-likeness (QED) is 0.740. The molecule has 1 aromatic rings. The number of nitrogens with zero attached hydrogens (tertiary/aromatic N) is 1. The minimum atomic E-state index is -0.427. The number of hydrogen-bond donors (Lipinski definition) is 2. The summed E-state index contributed by atoms with van der Waals surface area (Å²) < 4.78 is 0. The van der Waals surface area contributed by atoms with Crippen LogP contribution in [-0.4, -0.2) is 16.9 Å². The summed E-state index contributed by atoms with van der Waals surface area (Å²) in [5, 5.41) is 3.81. The molecule has 0 fully saturated rings. The van der Waals surface area contributed by atoms with Gasteiger partial charge in [0.25, 0.3) is 5.91 Å². The molecule has 0 spiro atoms. The predicted molar refractivity (Wildman–Crippen MR) is 49.4 cm³/mol. The van der Waals surface area contributed by atoms with E-state index in [0.29, 0.717) is 10.9 Å². The van der Waals surface area contributed by atoms with Gasteiger partial charge in [-0.05, 0) is 13.8 Å². The van der Waals surface area contributed by atoms with Crippen LogP contribution >= 0.6 is 11.3 Å². The van der Waals surface area contributed by atoms with Gasteiger partial charge in [0.1, 0.15) is 4.88 Å². The van der Waals surface area contributed by atoms with E-state index in [1.807, 2.05) is 13.8 Å². The molecule has 5 heteroatoms. The van der Waals surface area contributed by atoms with Gasteiger partial charge in [-0.25, -0.2) is 4.98 Å². The molecule has 0 aliphatic carbocycles. The third kappa shape index (κ3) is 2.20. The summed E-state index contributed by atoms with van der Waals surface area (Å²) >= 11 is 1.27. The molecular formula is C7H11N3OS. The lowest BCUT2D eigenvalue weighted by Crippen LogP contribution is -2.09. The second-order valence-corrected chi connectivity index (χ2v) is 3.72. The van der Waals surface area contributed by atoms with Crippen LogP contribution in [0, 0.1) is 0 Å². The number of anilines is 1. The zero-order valence-corrected chi connectivity index (χ0v) is 7.81. The van der Waals surface area contributed by atoms with Gasteiger partial charge in [0, 0.05) is 6.04 Å². The molecule has 4 nitrogen and oxygen atoms in total. The van der Waals surface area contributed by atoms with E-state index in [1.165, 1.54) is 17.5 Å². The van der Waals surface area contributed by atoms with Gasteiger partial charge >= 0.3 is 0 Å². The van der Waals surface area contributed by atoms with Crippen LogP contribution in [0.3, 0.4) is 0 Å². The lowest BCUT2D eigenvalue weighted by atomic mass is 10.4. The van der Waals surface area contributed by atoms with Crippen molar-refractivity contribution >= 4 is 22.4 Å². The number of aromatic nitrogens is 1. The van der Waals surface area contributed by atoms with Crippen LogP contribution in [-0.2, 0) is 0 Å². The Bertz CT molecular complexity index is 282. The van der Waals surface area contributed by atoms with Crippen molar-refractivity contribution < 1.29 is 4.79 Å². The first-order valence-corrected chi connectivity index (χ1v) is 4.43. The minimum Gasteiger partial charge on any atom is -0.365 e. The largest absolute Gasteiger partial charge is 0.365 e. The fourth-order valence-corrected chi connectivity index (χ4v) is 1.52. The molecule has 1 heterocycles. The lowest BCUT2D eigenvalue weighted by molar-refractivity contribution is 0.100. The van der Waals surface area contributed by atoms with E-state index in [4.69, 9.17) is 5.73 Å². The monoisotopic (exact) mass is 185 g/mol. The fourth-order valence-electron chi connectivity index (χ4n) is 0.702. The highest BCUT2D eigenvalue weighted by molar-refractivity contribution is 7.17. The highest BCUT2D eigenvalue weighted by Gasteiger charge is 2.06. The smallest absolute Gasteiger partial charge is 0.260 e. The van der Waals surface area contributed by atoms with Crippen molar-refractivity contribution in [1.29, 1.82) is 0 Å². The van der Waals surface area contributed by atoms with Crippen molar-refractivity contribution in [3.05, 3.63) is 11.1 Å². The van der Waals surface area contributed by atoms with Crippen LogP contribution in [0.4, 0.5) is 5.13 Å². The number of rotatable bonds is 3. The summed E-state index contributed by atoms with van der Waals surface area (Å²) in [6.45, 7) is 4.01. The molecule has 66 valence electrons. The van der Waals surface area contributed by atoms with E-state index in [1.54, 1.807) is 0 Å². The van der Waals surface area contributed by atoms with Crippen LogP contribution in [0.25, 0.3) is 0 Å². The highest BCUT2D eigenvalue weighted by atomic mass is 32.1. The van der Waals surface area contributed by atoms with Gasteiger partial charge in [0.15, 0.2) is 5.13 Å². The minimum absolute atomic E-state index is 0.317. The second kappa shape index (κ2) is 3.53. The Labute approximate surface area is 74.8 Å². The van der Waals surface area contributed by atoms with Crippen molar-refractivity contribution in [3.8, 4) is 0 Å². The normalized spacial score (nSPS) is 10.2. The van der Waals surface area contributed by atoms with E-state index in [-0.39, 0.29) is 0 Å². The molecule has 1 amide bonds. The van der Waals surface area contributed by atoms with Crippen LogP contribution in [0.2, 0.25) is 0 Å². The van der Waals surface area contributed by atoms with E-state index in [0.717, 1.165) is 5.13 Å². The Morgan fingerprint density at radius 3 is 2.83 bits per heavy atom. The van der Waals surface area contributed by atoms with E-state index in [9.17, 15) is 4.79 Å². The SMILES string of the molecule is CC(C)Nc1ncc(C(N)=O)s1. The van der Waals surface area contributed by atoms with Crippen molar-refractivity contribution in [3.63, 3.8) is 0 Å². The fraction of sp³-hybridized carbons (Fsp3) is 0.429. The number of hydrogen-bond acceptors (Lipinski definition) is 4. The van der Waals surface area contributed by atoms with Crippen LogP contribution in [0.1, 0.15) is 23.5 Å². The maximum Gasteiger partial charge on any atom is 0.260 e. The number of thiazole rings is 1. The molecular weight excluding hydrogens is 174 g/mol. The summed E-state index contributed by atoms with van der Waals surface area (Å²) in [4.78, 5) is 15.1. The molecule has 1 aromatic heterocycles. The number of carbonyl (C=O) groups excluding carboxylic acids is 1. The first-order valence-electron chi connectivity index (χ1n) is 3.61. The molecule has 3 N–H and O–H groups in total. The van der Waals surface area contributed by atoms with E-state index in [2.05, 4.69) is 10.3 Å². The number of primary amides is 1. The summed E-state index contributed by atoms with van der Waals surface area (Å²) in [5.74, 6) is -0.427. The number of amides is 1. The van der Waals surface area contributed by atoms with Gasteiger partial charge in [-0.1, -0.05) is 11.3 Å². The predicted octanol–water partition coefficient (Wildman–Crippen LogP) is 1.06. The summed E-state index contributed by atoms with van der Waals surface area (Å²) in [6.07, 6.45) is 1.48. The third-order valence-corrected chi connectivity index (χ3v) is 2.10. The summed E-state index contributed by atoms with van der Waals surface area (Å²) in [5.41, 5.74) is 5.06. The lowest BCUT2D eigenvalue weighted by Gasteiger charge is -2.03. The Morgan fingerprint density at radius 2 is 2.42 bits per heavy atom. The number of nitrogens with one attached hydrogen (secondary N) is 1. The van der Waals surface area contributed by atoms with Gasteiger partial charge in [0.2, 0.25) is 0 Å². The molecule has 0 aliphatic rings. The Balaban J connectivity index is 2.71. The molecule has 0 saturated heterocycles. The standard InChI is InChI=1S/C7H11N3OS/c1-4(2)10-7-9-3-5(12-7)6(8)11/h3-4H,1-2H3,(H2,8,11)(H,9,10). The van der Waals surface area contributed by atoms with Crippen molar-refractivity contribution in [2.45, 2.75) is 19.9 Å². The topological polar surface area (TPSA) is 68.0 Å². The van der Waals surface area contributed by atoms with Crippen LogP contribution in [0.15, 0.2) is 6.20 Å². The third-order valence-electron chi connectivity index (χ3n) is 1.16. The summed E-state index contributed by atoms with van der Waals surface area (Å²) in [6, 6.07) is 0.317. The van der Waals surface area contributed by atoms with Gasteiger partial charge in [-0.3, -0.25) is 4.79 Å². The number of nitrogens with two attached hydrogens (primary N) is 1. The molecule has 0 unspecified atom stereocenters. The maximum absolute atomic E-state index is 10.7. The Hall–Kier alpha value is -1.10. The molecule has 0 bridgehead atoms. The summed E-state index contributed by atoms with van der Waals surface area (Å²) in [7, 11) is 0. The van der Waals surface area contributed by atoms with Gasteiger partial charge in [0.05, 0.1) is 6.20 Å². The van der Waals surface area contributed by atoms with Crippen LogP contribution < -0.4 is 11.1 Å². The first kappa shape index (κ1) is 8.99. The molecule has 0 atom stereocenters. The maximum atomic E-state index is 10.7. The van der Waals surface area contributed by atoms with E-state index >= 15 is 0 Å². The zero-order chi connectivity index (χ0) is 9.14. The number of carbonyl (C=O) groups is 1. The molecule has 0 aliphatic heterocycles. The highest BCUT2D eigenvalue weighted by Crippen LogP contribution is 2.17. The molecule has 12 heavy (non-hydrogen) atoms. The zero-order valence-electron chi connectivity index (χ0n) is 7.00. The molecule has 0 radical (unpaired) electrons. The van der Waals surface area contributed by atoms with Crippen molar-refractivity contribution in [2.24, 2.45) is 5.73 Å². The Kier molecular flexibility index (Phi) is 2.65. The average Bonchev–Trinajstić information content (AvgIpc) is 2.34. The van der Waals surface area contributed by atoms with Crippen molar-refractivity contribution in [2.75, 3.05) is 5.32 Å². The van der Waals surface area contributed by atoms with Crippen LogP contribution in [0.5, 0.6) is 0 Å².